The predicted octanol–water partition coefficient (Wildman–Crippen LogP) is 7.97. The number of ketones is 4. The molecule has 290 valence electrons. The topological polar surface area (TPSA) is 145 Å². The fourth-order valence-corrected chi connectivity index (χ4v) is 6.55. The number of hydrogen-bond donors (Lipinski definition) is 2. The molecule has 10 heteroatoms. The van der Waals surface area contributed by atoms with Crippen molar-refractivity contribution in [3.63, 3.8) is 0 Å². The maximum atomic E-state index is 12.8. The van der Waals surface area contributed by atoms with E-state index in [1.54, 1.807) is 6.92 Å². The van der Waals surface area contributed by atoms with Crippen LogP contribution in [-0.2, 0) is 38.3 Å². The number of rotatable bonds is 34. The molecular formula is C40H72N2O8. The molecule has 0 heterocycles. The van der Waals surface area contributed by atoms with Crippen molar-refractivity contribution in [1.29, 1.82) is 0 Å². The second-order valence-corrected chi connectivity index (χ2v) is 14.8. The number of Topliss-reactive ketones (excluding diaryl/α,β-unsaturated/α-hetero) is 4. The molecular weight excluding hydrogens is 636 g/mol. The first kappa shape index (κ1) is 47.5. The second kappa shape index (κ2) is 30.2. The van der Waals surface area contributed by atoms with E-state index in [2.05, 4.69) is 24.6 Å². The van der Waals surface area contributed by atoms with Gasteiger partial charge in [-0.3, -0.25) is 4.79 Å². The maximum absolute atomic E-state index is 12.8. The summed E-state index contributed by atoms with van der Waals surface area (Å²) in [7, 11) is 0. The third-order valence-corrected chi connectivity index (χ3v) is 9.26. The Morgan fingerprint density at radius 2 is 1.02 bits per heavy atom. The minimum atomic E-state index is -0.733. The monoisotopic (exact) mass is 709 g/mol. The lowest BCUT2D eigenvalue weighted by molar-refractivity contribution is -0.169. The van der Waals surface area contributed by atoms with Gasteiger partial charge in [-0.2, -0.15) is 5.48 Å². The zero-order valence-corrected chi connectivity index (χ0v) is 32.7. The van der Waals surface area contributed by atoms with Crippen LogP contribution >= 0.6 is 0 Å². The highest BCUT2D eigenvalue weighted by Crippen LogP contribution is 2.24. The van der Waals surface area contributed by atoms with E-state index in [0.29, 0.717) is 64.0 Å². The second-order valence-electron chi connectivity index (χ2n) is 14.8. The van der Waals surface area contributed by atoms with Crippen LogP contribution in [0.1, 0.15) is 177 Å². The Labute approximate surface area is 303 Å². The molecule has 0 spiro atoms. The Kier molecular flexibility index (Phi) is 28.7. The first-order valence-corrected chi connectivity index (χ1v) is 19.6. The highest BCUT2D eigenvalue weighted by atomic mass is 16.7. The van der Waals surface area contributed by atoms with Gasteiger partial charge < -0.3 is 34.1 Å². The fraction of sp³-hybridized carbons (Fsp3) is 0.850. The van der Waals surface area contributed by atoms with Gasteiger partial charge in [-0.25, -0.2) is 4.79 Å². The van der Waals surface area contributed by atoms with Gasteiger partial charge in [0.15, 0.2) is 6.10 Å². The molecule has 0 aromatic rings. The molecule has 0 saturated heterocycles. The van der Waals surface area contributed by atoms with Crippen molar-refractivity contribution >= 4 is 35.0 Å². The number of carbonyl (C=O) groups excluding carboxylic acids is 6. The van der Waals surface area contributed by atoms with Crippen LogP contribution in [-0.4, -0.2) is 60.3 Å². The van der Waals surface area contributed by atoms with Crippen LogP contribution in [0.3, 0.4) is 0 Å². The lowest BCUT2D eigenvalue weighted by Gasteiger charge is -2.27. The van der Waals surface area contributed by atoms with Gasteiger partial charge >= 0.3 is 5.97 Å². The molecule has 0 fully saturated rings. The summed E-state index contributed by atoms with van der Waals surface area (Å²) in [5.41, 5.74) is 2.71. The van der Waals surface area contributed by atoms with Crippen LogP contribution in [0.25, 0.3) is 0 Å². The molecule has 0 saturated carbocycles. The largest absolute Gasteiger partial charge is 0.368 e. The fourth-order valence-electron chi connectivity index (χ4n) is 6.55. The van der Waals surface area contributed by atoms with Gasteiger partial charge in [0.25, 0.3) is 0 Å². The van der Waals surface area contributed by atoms with Crippen molar-refractivity contribution in [3.05, 3.63) is 0 Å². The lowest BCUT2D eigenvalue weighted by Crippen LogP contribution is -2.35. The molecule has 1 amide bonds. The van der Waals surface area contributed by atoms with E-state index < -0.39 is 12.1 Å². The first-order chi connectivity index (χ1) is 23.7. The SMILES string of the molecule is CCCCCCCCC(C)C(CCCCCCCC(=O)NCCC(CC(C)=O)CC(C)=O)OC(C)C(=O)ONCCC(CC(C)=O)CC(C)=O. The Hall–Kier alpha value is -2.46. The van der Waals surface area contributed by atoms with Crippen molar-refractivity contribution in [2.24, 2.45) is 17.8 Å². The molecule has 0 aliphatic carbocycles. The molecule has 2 N–H and O–H groups in total. The molecule has 0 aromatic carbocycles. The van der Waals surface area contributed by atoms with Crippen LogP contribution in [0.4, 0.5) is 0 Å². The smallest absolute Gasteiger partial charge is 0.353 e. The molecule has 0 rings (SSSR count). The Morgan fingerprint density at radius 3 is 1.54 bits per heavy atom. The van der Waals surface area contributed by atoms with Crippen molar-refractivity contribution in [2.45, 2.75) is 189 Å². The van der Waals surface area contributed by atoms with Gasteiger partial charge in [0, 0.05) is 45.2 Å². The highest BCUT2D eigenvalue weighted by Gasteiger charge is 2.25. The molecule has 3 unspecified atom stereocenters. The van der Waals surface area contributed by atoms with Crippen LogP contribution in [0.15, 0.2) is 0 Å². The summed E-state index contributed by atoms with van der Waals surface area (Å²) >= 11 is 0. The molecule has 0 aliphatic rings. The molecule has 10 nitrogen and oxygen atoms in total. The standard InChI is InChI=1S/C40H72N2O8/c1-8-9-10-11-13-16-19-30(2)38(49-35(7)40(48)50-42-25-23-37(28-33(5)45)29-34(6)46)20-17-14-12-15-18-21-39(47)41-24-22-36(26-31(3)43)27-32(4)44/h30,35-38,42H,8-29H2,1-7H3,(H,41,47). The van der Waals surface area contributed by atoms with Crippen molar-refractivity contribution < 1.29 is 38.3 Å². The summed E-state index contributed by atoms with van der Waals surface area (Å²) < 4.78 is 6.31. The van der Waals surface area contributed by atoms with E-state index >= 15 is 0 Å². The zero-order valence-electron chi connectivity index (χ0n) is 32.7. The van der Waals surface area contributed by atoms with E-state index in [9.17, 15) is 28.8 Å². The normalized spacial score (nSPS) is 13.2. The minimum Gasteiger partial charge on any atom is -0.368 e. The van der Waals surface area contributed by atoms with Crippen LogP contribution in [0.2, 0.25) is 0 Å². The van der Waals surface area contributed by atoms with Gasteiger partial charge in [0.1, 0.15) is 23.1 Å². The lowest BCUT2D eigenvalue weighted by atomic mass is 9.92. The van der Waals surface area contributed by atoms with Gasteiger partial charge in [0.05, 0.1) is 6.10 Å². The van der Waals surface area contributed by atoms with Gasteiger partial charge in [-0.05, 0) is 84.5 Å². The number of nitrogens with one attached hydrogen (secondary N) is 2. The van der Waals surface area contributed by atoms with Crippen molar-refractivity contribution in [2.75, 3.05) is 13.1 Å². The van der Waals surface area contributed by atoms with E-state index in [1.165, 1.54) is 59.8 Å². The molecule has 0 aliphatic heterocycles. The summed E-state index contributed by atoms with van der Waals surface area (Å²) in [6.07, 6.45) is 16.3. The van der Waals surface area contributed by atoms with Crippen LogP contribution < -0.4 is 10.8 Å². The Bertz CT molecular complexity index is 952. The zero-order chi connectivity index (χ0) is 37.7. The summed E-state index contributed by atoms with van der Waals surface area (Å²) in [6, 6.07) is 0. The first-order valence-electron chi connectivity index (χ1n) is 19.6. The summed E-state index contributed by atoms with van der Waals surface area (Å²) in [5, 5.41) is 2.94. The maximum Gasteiger partial charge on any atom is 0.353 e. The van der Waals surface area contributed by atoms with Crippen molar-refractivity contribution in [1.82, 2.24) is 10.8 Å². The number of ether oxygens (including phenoxy) is 1. The number of carbonyl (C=O) groups is 6. The van der Waals surface area contributed by atoms with Crippen LogP contribution in [0.5, 0.6) is 0 Å². The number of hydroxylamine groups is 1. The van der Waals surface area contributed by atoms with Crippen molar-refractivity contribution in [3.8, 4) is 0 Å². The third kappa shape index (κ3) is 28.3. The van der Waals surface area contributed by atoms with Gasteiger partial charge in [-0.1, -0.05) is 78.1 Å². The molecule has 0 radical (unpaired) electrons. The Morgan fingerprint density at radius 1 is 0.560 bits per heavy atom. The molecule has 0 aromatic heterocycles. The molecule has 3 atom stereocenters. The average Bonchev–Trinajstić information content (AvgIpc) is 3.02. The van der Waals surface area contributed by atoms with E-state index in [-0.39, 0.29) is 47.0 Å². The van der Waals surface area contributed by atoms with E-state index in [0.717, 1.165) is 51.4 Å². The average molecular weight is 709 g/mol. The third-order valence-electron chi connectivity index (χ3n) is 9.26. The van der Waals surface area contributed by atoms with Crippen LogP contribution in [0, 0.1) is 17.8 Å². The van der Waals surface area contributed by atoms with Gasteiger partial charge in [-0.15, -0.1) is 0 Å². The number of unbranched alkanes of at least 4 members (excludes halogenated alkanes) is 9. The van der Waals surface area contributed by atoms with Gasteiger partial charge in [0.2, 0.25) is 5.91 Å². The minimum absolute atomic E-state index is 0.00804. The van der Waals surface area contributed by atoms with E-state index in [4.69, 9.17) is 9.57 Å². The summed E-state index contributed by atoms with van der Waals surface area (Å²) in [5.74, 6) is -0.0595. The number of hydrogen-bond acceptors (Lipinski definition) is 9. The molecule has 50 heavy (non-hydrogen) atoms. The summed E-state index contributed by atoms with van der Waals surface area (Å²) in [6.45, 7) is 13.1. The number of amides is 1. The van der Waals surface area contributed by atoms with E-state index in [1.807, 2.05) is 0 Å². The Balaban J connectivity index is 4.68. The quantitative estimate of drug-likeness (QED) is 0.0502. The highest BCUT2D eigenvalue weighted by molar-refractivity contribution is 5.80. The summed E-state index contributed by atoms with van der Waals surface area (Å²) in [4.78, 5) is 76.4. The predicted molar refractivity (Wildman–Crippen MR) is 198 cm³/mol. The molecule has 0 bridgehead atoms.